The van der Waals surface area contributed by atoms with Gasteiger partial charge in [0, 0.05) is 46.4 Å². The minimum absolute atomic E-state index is 0.463. The van der Waals surface area contributed by atoms with E-state index in [9.17, 15) is 4.21 Å². The van der Waals surface area contributed by atoms with Gasteiger partial charge < -0.3 is 14.8 Å². The molecule has 1 heterocycles. The van der Waals surface area contributed by atoms with Crippen LogP contribution in [-0.4, -0.2) is 40.8 Å². The third kappa shape index (κ3) is 5.12. The number of para-hydroxylation sites is 1. The number of nitrogens with zero attached hydrogens (tertiary/aromatic N) is 2. The molecule has 1 aromatic heterocycles. The molecule has 0 amide bonds. The molecule has 0 saturated heterocycles. The highest BCUT2D eigenvalue weighted by Crippen LogP contribution is 2.29. The van der Waals surface area contributed by atoms with E-state index in [1.54, 1.807) is 13.4 Å². The smallest absolute Gasteiger partial charge is 0.134 e. The summed E-state index contributed by atoms with van der Waals surface area (Å²) in [5.74, 6) is 1.38. The fourth-order valence-electron chi connectivity index (χ4n) is 2.51. The summed E-state index contributed by atoms with van der Waals surface area (Å²) in [5.41, 5.74) is 2.44. The van der Waals surface area contributed by atoms with Crippen LogP contribution in [0.5, 0.6) is 5.75 Å². The van der Waals surface area contributed by atoms with Crippen LogP contribution in [-0.2, 0) is 15.5 Å². The number of ether oxygens (including phenoxy) is 2. The van der Waals surface area contributed by atoms with E-state index >= 15 is 0 Å². The minimum Gasteiger partial charge on any atom is -0.490 e. The van der Waals surface area contributed by atoms with Crippen LogP contribution in [0.4, 0.5) is 11.5 Å². The second kappa shape index (κ2) is 9.25. The van der Waals surface area contributed by atoms with Gasteiger partial charge in [-0.25, -0.2) is 9.97 Å². The third-order valence-corrected chi connectivity index (χ3v) is 4.73. The number of benzene rings is 2. The lowest BCUT2D eigenvalue weighted by Gasteiger charge is -2.12. The van der Waals surface area contributed by atoms with Crippen LogP contribution in [0.3, 0.4) is 0 Å². The van der Waals surface area contributed by atoms with Gasteiger partial charge in [0.2, 0.25) is 0 Å². The van der Waals surface area contributed by atoms with Crippen molar-refractivity contribution < 1.29 is 13.7 Å². The Hall–Kier alpha value is -2.77. The molecule has 0 radical (unpaired) electrons. The Labute approximate surface area is 161 Å². The summed E-state index contributed by atoms with van der Waals surface area (Å²) in [4.78, 5) is 9.41. The highest BCUT2D eigenvalue weighted by atomic mass is 32.2. The fraction of sp³-hybridized carbons (Fsp3) is 0.200. The lowest BCUT2D eigenvalue weighted by molar-refractivity contribution is 0.146. The first-order chi connectivity index (χ1) is 13.2. The van der Waals surface area contributed by atoms with Crippen molar-refractivity contribution in [1.82, 2.24) is 9.97 Å². The van der Waals surface area contributed by atoms with E-state index in [2.05, 4.69) is 15.3 Å². The number of nitrogens with one attached hydrogen (secondary N) is 1. The molecule has 3 rings (SSSR count). The molecule has 1 atom stereocenters. The van der Waals surface area contributed by atoms with Gasteiger partial charge in [-0.2, -0.15) is 0 Å². The lowest BCUT2D eigenvalue weighted by Crippen LogP contribution is -2.05. The van der Waals surface area contributed by atoms with Crippen molar-refractivity contribution in [3.8, 4) is 17.0 Å². The summed E-state index contributed by atoms with van der Waals surface area (Å²) < 4.78 is 22.5. The van der Waals surface area contributed by atoms with Gasteiger partial charge in [-0.15, -0.1) is 0 Å². The van der Waals surface area contributed by atoms with Gasteiger partial charge in [0.1, 0.15) is 24.5 Å². The number of methoxy groups -OCH3 is 1. The van der Waals surface area contributed by atoms with Gasteiger partial charge in [-0.1, -0.05) is 18.2 Å². The molecule has 7 heteroatoms. The first kappa shape index (κ1) is 19.0. The number of aromatic nitrogens is 2. The highest BCUT2D eigenvalue weighted by Gasteiger charge is 2.09. The Kier molecular flexibility index (Phi) is 6.51. The standard InChI is InChI=1S/C20H21N3O3S/c1-25-10-11-26-19-9-4-3-8-17(19)18-13-20(22-14-21-18)23-15-6-5-7-16(12-15)27(2)24/h3-9,12-14H,10-11H2,1-2H3,(H,21,22,23). The molecule has 1 unspecified atom stereocenters. The predicted octanol–water partition coefficient (Wildman–Crippen LogP) is 3.65. The van der Waals surface area contributed by atoms with Gasteiger partial charge in [0.25, 0.3) is 0 Å². The number of rotatable bonds is 8. The predicted molar refractivity (Wildman–Crippen MR) is 107 cm³/mol. The quantitative estimate of drug-likeness (QED) is 0.599. The van der Waals surface area contributed by atoms with Crippen LogP contribution in [0.25, 0.3) is 11.3 Å². The molecule has 0 aliphatic carbocycles. The summed E-state index contributed by atoms with van der Waals surface area (Å²) in [6, 6.07) is 17.0. The van der Waals surface area contributed by atoms with Crippen molar-refractivity contribution in [3.05, 3.63) is 60.9 Å². The van der Waals surface area contributed by atoms with E-state index < -0.39 is 10.8 Å². The van der Waals surface area contributed by atoms with Crippen molar-refractivity contribution in [3.63, 3.8) is 0 Å². The molecule has 0 fully saturated rings. The van der Waals surface area contributed by atoms with E-state index in [1.807, 2.05) is 54.6 Å². The Morgan fingerprint density at radius 3 is 2.70 bits per heavy atom. The maximum absolute atomic E-state index is 11.7. The molecule has 27 heavy (non-hydrogen) atoms. The molecule has 0 aliphatic heterocycles. The minimum atomic E-state index is -1.04. The van der Waals surface area contributed by atoms with Gasteiger partial charge in [-0.3, -0.25) is 4.21 Å². The van der Waals surface area contributed by atoms with E-state index in [4.69, 9.17) is 9.47 Å². The maximum Gasteiger partial charge on any atom is 0.134 e. The molecule has 0 bridgehead atoms. The van der Waals surface area contributed by atoms with Gasteiger partial charge in [0.15, 0.2) is 0 Å². The number of hydrogen-bond acceptors (Lipinski definition) is 6. The van der Waals surface area contributed by atoms with Crippen LogP contribution >= 0.6 is 0 Å². The SMILES string of the molecule is COCCOc1ccccc1-c1cc(Nc2cccc(S(C)=O)c2)ncn1. The summed E-state index contributed by atoms with van der Waals surface area (Å²) in [6.07, 6.45) is 3.16. The maximum atomic E-state index is 11.7. The van der Waals surface area contributed by atoms with Crippen LogP contribution in [0.15, 0.2) is 65.8 Å². The van der Waals surface area contributed by atoms with Crippen molar-refractivity contribution in [2.75, 3.05) is 31.9 Å². The second-order valence-corrected chi connectivity index (χ2v) is 7.11. The van der Waals surface area contributed by atoms with Gasteiger partial charge in [0.05, 0.1) is 12.3 Å². The van der Waals surface area contributed by atoms with E-state index in [-0.39, 0.29) is 0 Å². The van der Waals surface area contributed by atoms with Crippen molar-refractivity contribution >= 4 is 22.3 Å². The topological polar surface area (TPSA) is 73.3 Å². The van der Waals surface area contributed by atoms with Crippen LogP contribution in [0.2, 0.25) is 0 Å². The molecule has 0 saturated carbocycles. The van der Waals surface area contributed by atoms with Crippen LogP contribution < -0.4 is 10.1 Å². The summed E-state index contributed by atoms with van der Waals surface area (Å²) in [5, 5.41) is 3.23. The normalized spacial score (nSPS) is 11.8. The lowest BCUT2D eigenvalue weighted by atomic mass is 10.1. The zero-order valence-electron chi connectivity index (χ0n) is 15.2. The van der Waals surface area contributed by atoms with Gasteiger partial charge >= 0.3 is 0 Å². The van der Waals surface area contributed by atoms with Crippen LogP contribution in [0, 0.1) is 0 Å². The average Bonchev–Trinajstić information content (AvgIpc) is 2.69. The van der Waals surface area contributed by atoms with Crippen LogP contribution in [0.1, 0.15) is 0 Å². The number of anilines is 2. The van der Waals surface area contributed by atoms with Crippen molar-refractivity contribution in [1.29, 1.82) is 0 Å². The zero-order chi connectivity index (χ0) is 19.1. The first-order valence-corrected chi connectivity index (χ1v) is 9.97. The Morgan fingerprint density at radius 2 is 1.89 bits per heavy atom. The first-order valence-electron chi connectivity index (χ1n) is 8.41. The molecular formula is C20H21N3O3S. The van der Waals surface area contributed by atoms with Crippen molar-refractivity contribution in [2.24, 2.45) is 0 Å². The highest BCUT2D eigenvalue weighted by molar-refractivity contribution is 7.84. The molecule has 6 nitrogen and oxygen atoms in total. The fourth-order valence-corrected chi connectivity index (χ4v) is 3.08. The third-order valence-electron chi connectivity index (χ3n) is 3.81. The Balaban J connectivity index is 1.84. The monoisotopic (exact) mass is 383 g/mol. The van der Waals surface area contributed by atoms with Gasteiger partial charge in [-0.05, 0) is 30.3 Å². The zero-order valence-corrected chi connectivity index (χ0v) is 16.0. The average molecular weight is 383 g/mol. The molecular weight excluding hydrogens is 362 g/mol. The molecule has 140 valence electrons. The van der Waals surface area contributed by atoms with E-state index in [0.717, 1.165) is 27.6 Å². The Bertz CT molecular complexity index is 934. The largest absolute Gasteiger partial charge is 0.490 e. The Morgan fingerprint density at radius 1 is 1.04 bits per heavy atom. The molecule has 2 aromatic carbocycles. The summed E-state index contributed by atoms with van der Waals surface area (Å²) >= 11 is 0. The molecule has 3 aromatic rings. The second-order valence-electron chi connectivity index (χ2n) is 5.73. The summed E-state index contributed by atoms with van der Waals surface area (Å²) in [7, 11) is 0.601. The van der Waals surface area contributed by atoms with E-state index in [0.29, 0.717) is 19.0 Å². The molecule has 0 spiro atoms. The number of hydrogen-bond donors (Lipinski definition) is 1. The molecule has 1 N–H and O–H groups in total. The summed E-state index contributed by atoms with van der Waals surface area (Å²) in [6.45, 7) is 0.977. The molecule has 0 aliphatic rings. The van der Waals surface area contributed by atoms with Crippen molar-refractivity contribution in [2.45, 2.75) is 4.90 Å². The van der Waals surface area contributed by atoms with E-state index in [1.165, 1.54) is 6.33 Å².